The molecule has 0 aliphatic carbocycles. The largest absolute Gasteiger partial charge is 0.464 e. The van der Waals surface area contributed by atoms with E-state index in [9.17, 15) is 9.59 Å². The van der Waals surface area contributed by atoms with Crippen molar-refractivity contribution in [2.24, 2.45) is 0 Å². The standard InChI is InChI=1S/C10H6BrNO3/c11-7-1-2-9-8(3-7)6(5-13)4-12(9)10(14)15/h1-5H,(H,14,15). The number of carbonyl (C=O) groups excluding carboxylic acids is 1. The van der Waals surface area contributed by atoms with Gasteiger partial charge in [0.1, 0.15) is 0 Å². The third-order valence-electron chi connectivity index (χ3n) is 2.13. The Labute approximate surface area is 93.2 Å². The van der Waals surface area contributed by atoms with E-state index in [0.29, 0.717) is 22.8 Å². The fraction of sp³-hybridized carbons (Fsp3) is 0. The zero-order valence-electron chi connectivity index (χ0n) is 7.48. The predicted molar refractivity (Wildman–Crippen MR) is 58.4 cm³/mol. The van der Waals surface area contributed by atoms with Gasteiger partial charge >= 0.3 is 6.09 Å². The van der Waals surface area contributed by atoms with Gasteiger partial charge in [0.15, 0.2) is 6.29 Å². The maximum absolute atomic E-state index is 10.9. The second-order valence-corrected chi connectivity index (χ2v) is 3.93. The number of aromatic nitrogens is 1. The minimum Gasteiger partial charge on any atom is -0.464 e. The lowest BCUT2D eigenvalue weighted by atomic mass is 10.2. The Bertz CT molecular complexity index is 559. The smallest absolute Gasteiger partial charge is 0.416 e. The zero-order valence-corrected chi connectivity index (χ0v) is 9.06. The third kappa shape index (κ3) is 1.55. The van der Waals surface area contributed by atoms with Gasteiger partial charge < -0.3 is 5.11 Å². The average Bonchev–Trinajstić information content (AvgIpc) is 2.55. The van der Waals surface area contributed by atoms with Gasteiger partial charge in [-0.3, -0.25) is 9.36 Å². The highest BCUT2D eigenvalue weighted by Crippen LogP contribution is 2.24. The van der Waals surface area contributed by atoms with Crippen molar-refractivity contribution in [3.63, 3.8) is 0 Å². The lowest BCUT2D eigenvalue weighted by Gasteiger charge is -1.97. The Morgan fingerprint density at radius 3 is 2.80 bits per heavy atom. The molecule has 2 rings (SSSR count). The predicted octanol–water partition coefficient (Wildman–Crippen LogP) is 2.74. The lowest BCUT2D eigenvalue weighted by Crippen LogP contribution is -2.05. The molecule has 1 heterocycles. The normalized spacial score (nSPS) is 10.5. The molecule has 0 unspecified atom stereocenters. The molecule has 76 valence electrons. The van der Waals surface area contributed by atoms with Crippen LogP contribution < -0.4 is 0 Å². The topological polar surface area (TPSA) is 59.3 Å². The molecule has 0 bridgehead atoms. The van der Waals surface area contributed by atoms with Crippen LogP contribution in [0.5, 0.6) is 0 Å². The minimum absolute atomic E-state index is 0.369. The van der Waals surface area contributed by atoms with Crippen molar-refractivity contribution in [1.29, 1.82) is 0 Å². The SMILES string of the molecule is O=Cc1cn(C(=O)O)c2ccc(Br)cc12. The van der Waals surface area contributed by atoms with Crippen molar-refractivity contribution < 1.29 is 14.7 Å². The van der Waals surface area contributed by atoms with Crippen LogP contribution in [0.25, 0.3) is 10.9 Å². The first-order valence-corrected chi connectivity index (χ1v) is 4.92. The molecule has 1 aromatic carbocycles. The molecular weight excluding hydrogens is 262 g/mol. The van der Waals surface area contributed by atoms with E-state index < -0.39 is 6.09 Å². The minimum atomic E-state index is -1.10. The van der Waals surface area contributed by atoms with Crippen LogP contribution in [-0.2, 0) is 0 Å². The molecule has 1 aromatic heterocycles. The molecule has 0 radical (unpaired) electrons. The molecule has 15 heavy (non-hydrogen) atoms. The summed E-state index contributed by atoms with van der Waals surface area (Å²) in [5, 5.41) is 9.52. The zero-order chi connectivity index (χ0) is 11.0. The van der Waals surface area contributed by atoms with E-state index in [4.69, 9.17) is 5.11 Å². The highest BCUT2D eigenvalue weighted by Gasteiger charge is 2.11. The average molecular weight is 268 g/mol. The molecule has 0 fully saturated rings. The first kappa shape index (κ1) is 9.92. The molecule has 5 heteroatoms. The van der Waals surface area contributed by atoms with Crippen LogP contribution in [0.3, 0.4) is 0 Å². The second-order valence-electron chi connectivity index (χ2n) is 3.02. The molecule has 2 aromatic rings. The number of carbonyl (C=O) groups is 2. The number of rotatable bonds is 1. The Morgan fingerprint density at radius 1 is 1.47 bits per heavy atom. The van der Waals surface area contributed by atoms with E-state index in [1.165, 1.54) is 6.20 Å². The van der Waals surface area contributed by atoms with Crippen molar-refractivity contribution in [3.05, 3.63) is 34.4 Å². The van der Waals surface area contributed by atoms with Gasteiger partial charge in [0.25, 0.3) is 0 Å². The third-order valence-corrected chi connectivity index (χ3v) is 2.62. The van der Waals surface area contributed by atoms with E-state index in [1.54, 1.807) is 18.2 Å². The number of hydrogen-bond donors (Lipinski definition) is 1. The molecule has 0 amide bonds. The number of hydrogen-bond acceptors (Lipinski definition) is 2. The molecule has 0 saturated heterocycles. The number of halogens is 1. The Hall–Kier alpha value is -1.62. The Morgan fingerprint density at radius 2 is 2.20 bits per heavy atom. The first-order valence-electron chi connectivity index (χ1n) is 4.12. The summed E-state index contributed by atoms with van der Waals surface area (Å²) in [6.07, 6.45) is 0.858. The molecule has 0 atom stereocenters. The summed E-state index contributed by atoms with van der Waals surface area (Å²) >= 11 is 3.27. The second kappa shape index (κ2) is 3.51. The van der Waals surface area contributed by atoms with E-state index >= 15 is 0 Å². The van der Waals surface area contributed by atoms with Crippen LogP contribution in [0.1, 0.15) is 10.4 Å². The molecule has 1 N–H and O–H groups in total. The van der Waals surface area contributed by atoms with Crippen molar-refractivity contribution in [1.82, 2.24) is 4.57 Å². The van der Waals surface area contributed by atoms with Crippen molar-refractivity contribution in [2.45, 2.75) is 0 Å². The van der Waals surface area contributed by atoms with E-state index in [0.717, 1.165) is 9.04 Å². The van der Waals surface area contributed by atoms with Crippen LogP contribution in [0.2, 0.25) is 0 Å². The van der Waals surface area contributed by atoms with E-state index in [1.807, 2.05) is 0 Å². The van der Waals surface area contributed by atoms with Gasteiger partial charge in [0.2, 0.25) is 0 Å². The maximum Gasteiger partial charge on any atom is 0.416 e. The van der Waals surface area contributed by atoms with Gasteiger partial charge in [-0.1, -0.05) is 15.9 Å². The summed E-state index contributed by atoms with van der Waals surface area (Å²) in [5.41, 5.74) is 0.876. The van der Waals surface area contributed by atoms with Crippen LogP contribution in [0.15, 0.2) is 28.9 Å². The number of fused-ring (bicyclic) bond motifs is 1. The van der Waals surface area contributed by atoms with Gasteiger partial charge in [0.05, 0.1) is 5.52 Å². The molecule has 0 saturated carbocycles. The molecular formula is C10H6BrNO3. The molecule has 0 spiro atoms. The van der Waals surface area contributed by atoms with Gasteiger partial charge in [-0.25, -0.2) is 4.79 Å². The lowest BCUT2D eigenvalue weighted by molar-refractivity contribution is 0.112. The maximum atomic E-state index is 10.9. The molecule has 0 aliphatic heterocycles. The number of aldehydes is 1. The van der Waals surface area contributed by atoms with Crippen molar-refractivity contribution in [2.75, 3.05) is 0 Å². The quantitative estimate of drug-likeness (QED) is 0.809. The van der Waals surface area contributed by atoms with Crippen LogP contribution in [0, 0.1) is 0 Å². The fourth-order valence-electron chi connectivity index (χ4n) is 1.48. The summed E-state index contributed by atoms with van der Waals surface area (Å²) < 4.78 is 1.84. The highest BCUT2D eigenvalue weighted by atomic mass is 79.9. The Balaban J connectivity index is 2.86. The number of nitrogens with zero attached hydrogens (tertiary/aromatic N) is 1. The van der Waals surface area contributed by atoms with Gasteiger partial charge in [-0.2, -0.15) is 0 Å². The summed E-state index contributed by atoms with van der Waals surface area (Å²) in [6.45, 7) is 0. The summed E-state index contributed by atoms with van der Waals surface area (Å²) in [4.78, 5) is 21.6. The van der Waals surface area contributed by atoms with Crippen LogP contribution in [-0.4, -0.2) is 22.1 Å². The molecule has 0 aliphatic rings. The van der Waals surface area contributed by atoms with Gasteiger partial charge in [-0.05, 0) is 18.2 Å². The van der Waals surface area contributed by atoms with E-state index in [2.05, 4.69) is 15.9 Å². The van der Waals surface area contributed by atoms with Crippen LogP contribution in [0.4, 0.5) is 4.79 Å². The fourth-order valence-corrected chi connectivity index (χ4v) is 1.84. The van der Waals surface area contributed by atoms with Crippen molar-refractivity contribution >= 4 is 39.2 Å². The van der Waals surface area contributed by atoms with E-state index in [-0.39, 0.29) is 0 Å². The first-order chi connectivity index (χ1) is 7.13. The van der Waals surface area contributed by atoms with Gasteiger partial charge in [-0.15, -0.1) is 0 Å². The van der Waals surface area contributed by atoms with Crippen LogP contribution >= 0.6 is 15.9 Å². The number of carboxylic acid groups (broad SMARTS) is 1. The Kier molecular flexibility index (Phi) is 2.32. The summed E-state index contributed by atoms with van der Waals surface area (Å²) in [5.74, 6) is 0. The summed E-state index contributed by atoms with van der Waals surface area (Å²) in [6, 6.07) is 5.11. The highest BCUT2D eigenvalue weighted by molar-refractivity contribution is 9.10. The monoisotopic (exact) mass is 267 g/mol. The van der Waals surface area contributed by atoms with Crippen molar-refractivity contribution in [3.8, 4) is 0 Å². The number of benzene rings is 1. The molecule has 4 nitrogen and oxygen atoms in total. The van der Waals surface area contributed by atoms with Gasteiger partial charge in [0, 0.05) is 21.6 Å². The summed E-state index contributed by atoms with van der Waals surface area (Å²) in [7, 11) is 0.